The maximum absolute atomic E-state index is 6.09. The van der Waals surface area contributed by atoms with Crippen LogP contribution in [0.15, 0.2) is 4.99 Å². The Morgan fingerprint density at radius 1 is 1.44 bits per heavy atom. The molecule has 0 radical (unpaired) electrons. The van der Waals surface area contributed by atoms with Crippen LogP contribution in [0, 0.1) is 17.8 Å². The van der Waals surface area contributed by atoms with E-state index >= 15 is 0 Å². The second kappa shape index (κ2) is 4.64. The summed E-state index contributed by atoms with van der Waals surface area (Å²) in [6.07, 6.45) is 3.83. The first-order valence-corrected chi connectivity index (χ1v) is 6.66. The Kier molecular flexibility index (Phi) is 3.41. The van der Waals surface area contributed by atoms with E-state index in [0.717, 1.165) is 36.8 Å². The highest BCUT2D eigenvalue weighted by atomic mass is 15.3. The van der Waals surface area contributed by atoms with Crippen molar-refractivity contribution in [2.24, 2.45) is 28.5 Å². The fourth-order valence-corrected chi connectivity index (χ4v) is 2.71. The van der Waals surface area contributed by atoms with Gasteiger partial charge in [-0.25, -0.2) is 4.99 Å². The standard InChI is InChI=1S/C13H25N3/c1-9(2)11-7-12(11)15-13(14)16-6-4-5-10(3)8-16/h9-12H,4-8H2,1-3H3,(H2,14,15)/t10?,11-,12+/m0/s1. The molecule has 1 aliphatic carbocycles. The van der Waals surface area contributed by atoms with E-state index in [0.29, 0.717) is 6.04 Å². The van der Waals surface area contributed by atoms with E-state index in [2.05, 4.69) is 30.7 Å². The summed E-state index contributed by atoms with van der Waals surface area (Å²) in [5, 5.41) is 0. The first-order chi connectivity index (χ1) is 7.58. The van der Waals surface area contributed by atoms with Crippen molar-refractivity contribution in [1.82, 2.24) is 4.90 Å². The molecule has 2 fully saturated rings. The Bertz CT molecular complexity index is 272. The van der Waals surface area contributed by atoms with Gasteiger partial charge in [-0.1, -0.05) is 20.8 Å². The van der Waals surface area contributed by atoms with Gasteiger partial charge in [0.25, 0.3) is 0 Å². The number of nitrogens with two attached hydrogens (primary N) is 1. The molecule has 2 aliphatic rings. The number of rotatable bonds is 2. The highest BCUT2D eigenvalue weighted by molar-refractivity contribution is 5.78. The molecule has 1 heterocycles. The van der Waals surface area contributed by atoms with Gasteiger partial charge in [0.2, 0.25) is 0 Å². The maximum atomic E-state index is 6.09. The second-order valence-corrected chi connectivity index (χ2v) is 5.89. The SMILES string of the molecule is CC1CCCN(C(N)=N[C@@H]2C[C@H]2C(C)C)C1. The number of guanidine groups is 1. The highest BCUT2D eigenvalue weighted by Gasteiger charge is 2.39. The van der Waals surface area contributed by atoms with Crippen molar-refractivity contribution in [1.29, 1.82) is 0 Å². The fourth-order valence-electron chi connectivity index (χ4n) is 2.71. The minimum atomic E-state index is 0.511. The van der Waals surface area contributed by atoms with E-state index in [-0.39, 0.29) is 0 Å². The summed E-state index contributed by atoms with van der Waals surface area (Å²) in [7, 11) is 0. The number of aliphatic imine (C=N–C) groups is 1. The molecule has 1 aliphatic heterocycles. The van der Waals surface area contributed by atoms with Gasteiger partial charge in [-0.2, -0.15) is 0 Å². The van der Waals surface area contributed by atoms with Gasteiger partial charge in [-0.15, -0.1) is 0 Å². The molecule has 0 aromatic carbocycles. The zero-order valence-corrected chi connectivity index (χ0v) is 10.8. The average Bonchev–Trinajstić information content (AvgIpc) is 2.97. The molecule has 1 saturated carbocycles. The smallest absolute Gasteiger partial charge is 0.191 e. The van der Waals surface area contributed by atoms with Crippen molar-refractivity contribution in [3.63, 3.8) is 0 Å². The van der Waals surface area contributed by atoms with Crippen molar-refractivity contribution < 1.29 is 0 Å². The monoisotopic (exact) mass is 223 g/mol. The van der Waals surface area contributed by atoms with Crippen molar-refractivity contribution in [2.75, 3.05) is 13.1 Å². The van der Waals surface area contributed by atoms with Gasteiger partial charge in [0.05, 0.1) is 6.04 Å². The molecule has 0 aromatic heterocycles. The third-order valence-electron chi connectivity index (χ3n) is 3.94. The van der Waals surface area contributed by atoms with E-state index in [1.54, 1.807) is 0 Å². The highest BCUT2D eigenvalue weighted by Crippen LogP contribution is 2.40. The predicted molar refractivity (Wildman–Crippen MR) is 68.3 cm³/mol. The number of likely N-dealkylation sites (tertiary alicyclic amines) is 1. The van der Waals surface area contributed by atoms with E-state index in [1.165, 1.54) is 19.3 Å². The van der Waals surface area contributed by atoms with Crippen LogP contribution in [0.4, 0.5) is 0 Å². The van der Waals surface area contributed by atoms with Crippen LogP contribution in [0.3, 0.4) is 0 Å². The molecule has 16 heavy (non-hydrogen) atoms. The molecule has 2 rings (SSSR count). The molecular weight excluding hydrogens is 198 g/mol. The van der Waals surface area contributed by atoms with E-state index in [9.17, 15) is 0 Å². The quantitative estimate of drug-likeness (QED) is 0.575. The van der Waals surface area contributed by atoms with Crippen LogP contribution in [-0.2, 0) is 0 Å². The molecule has 92 valence electrons. The van der Waals surface area contributed by atoms with Gasteiger partial charge in [-0.05, 0) is 37.0 Å². The minimum Gasteiger partial charge on any atom is -0.370 e. The third-order valence-corrected chi connectivity index (χ3v) is 3.94. The number of hydrogen-bond acceptors (Lipinski definition) is 1. The summed E-state index contributed by atoms with van der Waals surface area (Å²) in [4.78, 5) is 6.94. The van der Waals surface area contributed by atoms with Crippen molar-refractivity contribution in [3.05, 3.63) is 0 Å². The third kappa shape index (κ3) is 2.69. The Morgan fingerprint density at radius 3 is 2.75 bits per heavy atom. The zero-order valence-electron chi connectivity index (χ0n) is 10.8. The Morgan fingerprint density at radius 2 is 2.19 bits per heavy atom. The fraction of sp³-hybridized carbons (Fsp3) is 0.923. The lowest BCUT2D eigenvalue weighted by atomic mass is 10.0. The first kappa shape index (κ1) is 11.7. The summed E-state index contributed by atoms with van der Waals surface area (Å²) in [5.41, 5.74) is 6.09. The minimum absolute atomic E-state index is 0.511. The second-order valence-electron chi connectivity index (χ2n) is 5.89. The molecule has 0 spiro atoms. The van der Waals surface area contributed by atoms with Crippen molar-refractivity contribution in [3.8, 4) is 0 Å². The van der Waals surface area contributed by atoms with Crippen LogP contribution >= 0.6 is 0 Å². The molecule has 2 N–H and O–H groups in total. The molecule has 1 saturated heterocycles. The molecule has 3 nitrogen and oxygen atoms in total. The number of nitrogens with zero attached hydrogens (tertiary/aromatic N) is 2. The predicted octanol–water partition coefficient (Wildman–Crippen LogP) is 2.08. The van der Waals surface area contributed by atoms with E-state index < -0.39 is 0 Å². The molecule has 0 aromatic rings. The van der Waals surface area contributed by atoms with E-state index in [4.69, 9.17) is 5.73 Å². The molecule has 0 bridgehead atoms. The lowest BCUT2D eigenvalue weighted by molar-refractivity contribution is 0.270. The van der Waals surface area contributed by atoms with Crippen LogP contribution in [0.2, 0.25) is 0 Å². The molecule has 3 atom stereocenters. The topological polar surface area (TPSA) is 41.6 Å². The maximum Gasteiger partial charge on any atom is 0.191 e. The van der Waals surface area contributed by atoms with Crippen LogP contribution in [0.5, 0.6) is 0 Å². The van der Waals surface area contributed by atoms with Crippen LogP contribution in [-0.4, -0.2) is 30.0 Å². The number of hydrogen-bond donors (Lipinski definition) is 1. The van der Waals surface area contributed by atoms with Crippen LogP contribution in [0.25, 0.3) is 0 Å². The molecular formula is C13H25N3. The number of piperidine rings is 1. The Balaban J connectivity index is 1.87. The average molecular weight is 223 g/mol. The summed E-state index contributed by atoms with van der Waals surface area (Å²) in [6, 6.07) is 0.511. The summed E-state index contributed by atoms with van der Waals surface area (Å²) >= 11 is 0. The van der Waals surface area contributed by atoms with Crippen LogP contribution < -0.4 is 5.73 Å². The van der Waals surface area contributed by atoms with Crippen LogP contribution in [0.1, 0.15) is 40.0 Å². The summed E-state index contributed by atoms with van der Waals surface area (Å²) < 4.78 is 0. The first-order valence-electron chi connectivity index (χ1n) is 6.66. The van der Waals surface area contributed by atoms with E-state index in [1.807, 2.05) is 0 Å². The van der Waals surface area contributed by atoms with Gasteiger partial charge in [-0.3, -0.25) is 0 Å². The lowest BCUT2D eigenvalue weighted by Crippen LogP contribution is -2.43. The largest absolute Gasteiger partial charge is 0.370 e. The molecule has 0 amide bonds. The van der Waals surface area contributed by atoms with Gasteiger partial charge in [0.1, 0.15) is 0 Å². The molecule has 1 unspecified atom stereocenters. The zero-order chi connectivity index (χ0) is 11.7. The summed E-state index contributed by atoms with van der Waals surface area (Å²) in [6.45, 7) is 9.04. The van der Waals surface area contributed by atoms with Crippen molar-refractivity contribution >= 4 is 5.96 Å². The Labute approximate surface area is 99.1 Å². The van der Waals surface area contributed by atoms with Gasteiger partial charge < -0.3 is 10.6 Å². The summed E-state index contributed by atoms with van der Waals surface area (Å²) in [5.74, 6) is 3.09. The normalized spacial score (nSPS) is 35.6. The Hall–Kier alpha value is -0.730. The lowest BCUT2D eigenvalue weighted by Gasteiger charge is -2.31. The van der Waals surface area contributed by atoms with Gasteiger partial charge >= 0.3 is 0 Å². The molecule has 3 heteroatoms. The van der Waals surface area contributed by atoms with Gasteiger partial charge in [0.15, 0.2) is 5.96 Å². The van der Waals surface area contributed by atoms with Gasteiger partial charge in [0, 0.05) is 13.1 Å². The van der Waals surface area contributed by atoms with Crippen molar-refractivity contribution in [2.45, 2.75) is 46.1 Å².